The van der Waals surface area contributed by atoms with Gasteiger partial charge in [0.05, 0.1) is 6.04 Å². The molecule has 2 saturated heterocycles. The Morgan fingerprint density at radius 3 is 2.53 bits per heavy atom. The predicted octanol–water partition coefficient (Wildman–Crippen LogP) is 0.644. The molecule has 0 saturated carbocycles. The topological polar surface area (TPSA) is 61.4 Å². The number of likely N-dealkylation sites (tertiary alicyclic amines) is 1. The smallest absolute Gasteiger partial charge is 0.243 e. The molecule has 2 amide bonds. The van der Waals surface area contributed by atoms with Gasteiger partial charge in [0, 0.05) is 12.1 Å². The van der Waals surface area contributed by atoms with E-state index in [1.54, 1.807) is 4.90 Å². The van der Waals surface area contributed by atoms with E-state index >= 15 is 0 Å². The van der Waals surface area contributed by atoms with Crippen LogP contribution in [-0.2, 0) is 9.59 Å². The normalized spacial score (nSPS) is 27.6. The van der Waals surface area contributed by atoms with Crippen molar-refractivity contribution in [2.24, 2.45) is 0 Å². The number of nitrogens with one attached hydrogen (secondary N) is 2. The molecule has 2 fully saturated rings. The van der Waals surface area contributed by atoms with E-state index in [0.29, 0.717) is 6.54 Å². The van der Waals surface area contributed by atoms with Crippen molar-refractivity contribution in [3.05, 3.63) is 0 Å². The molecule has 2 aliphatic rings. The van der Waals surface area contributed by atoms with Crippen molar-refractivity contribution in [1.82, 2.24) is 15.5 Å². The summed E-state index contributed by atoms with van der Waals surface area (Å²) in [6, 6.07) is -0.364. The molecule has 2 N–H and O–H groups in total. The lowest BCUT2D eigenvalue weighted by Gasteiger charge is -2.29. The summed E-state index contributed by atoms with van der Waals surface area (Å²) >= 11 is 0. The van der Waals surface area contributed by atoms with Crippen molar-refractivity contribution < 1.29 is 9.59 Å². The largest absolute Gasteiger partial charge is 0.350 e. The van der Waals surface area contributed by atoms with Gasteiger partial charge < -0.3 is 15.5 Å². The molecule has 0 aromatic rings. The highest BCUT2D eigenvalue weighted by Gasteiger charge is 2.38. The summed E-state index contributed by atoms with van der Waals surface area (Å²) in [4.78, 5) is 26.4. The van der Waals surface area contributed by atoms with Crippen LogP contribution in [0.15, 0.2) is 0 Å². The number of carbonyl (C=O) groups is 2. The van der Waals surface area contributed by atoms with Crippen molar-refractivity contribution in [2.45, 2.75) is 64.1 Å². The van der Waals surface area contributed by atoms with E-state index in [9.17, 15) is 9.59 Å². The third kappa shape index (κ3) is 3.47. The van der Waals surface area contributed by atoms with Crippen LogP contribution >= 0.6 is 0 Å². The zero-order valence-electron chi connectivity index (χ0n) is 12.2. The molecule has 5 heteroatoms. The first-order valence-electron chi connectivity index (χ1n) is 7.24. The van der Waals surface area contributed by atoms with Crippen LogP contribution in [0, 0.1) is 0 Å². The highest BCUT2D eigenvalue weighted by molar-refractivity contribution is 5.90. The molecule has 0 aromatic heterocycles. The maximum absolute atomic E-state index is 12.4. The van der Waals surface area contributed by atoms with E-state index in [1.807, 2.05) is 20.8 Å². The van der Waals surface area contributed by atoms with Crippen molar-refractivity contribution in [3.63, 3.8) is 0 Å². The quantitative estimate of drug-likeness (QED) is 0.772. The van der Waals surface area contributed by atoms with Crippen LogP contribution < -0.4 is 10.6 Å². The Morgan fingerprint density at radius 2 is 1.95 bits per heavy atom. The van der Waals surface area contributed by atoms with Gasteiger partial charge in [0.2, 0.25) is 11.8 Å². The lowest BCUT2D eigenvalue weighted by molar-refractivity contribution is -0.140. The van der Waals surface area contributed by atoms with Gasteiger partial charge in [-0.05, 0) is 53.0 Å². The minimum Gasteiger partial charge on any atom is -0.350 e. The maximum Gasteiger partial charge on any atom is 0.243 e. The molecule has 0 aromatic carbocycles. The van der Waals surface area contributed by atoms with E-state index in [1.165, 1.54) is 0 Å². The second-order valence-electron chi connectivity index (χ2n) is 6.58. The summed E-state index contributed by atoms with van der Waals surface area (Å²) in [6.45, 7) is 7.50. The first-order valence-corrected chi connectivity index (χ1v) is 7.24. The Morgan fingerprint density at radius 1 is 1.21 bits per heavy atom. The van der Waals surface area contributed by atoms with Gasteiger partial charge >= 0.3 is 0 Å². The molecule has 0 aliphatic carbocycles. The first-order chi connectivity index (χ1) is 8.88. The fourth-order valence-electron chi connectivity index (χ4n) is 2.85. The molecule has 2 heterocycles. The van der Waals surface area contributed by atoms with Gasteiger partial charge in [0.25, 0.3) is 0 Å². The number of hydrogen-bond donors (Lipinski definition) is 2. The molecular formula is C14H25N3O2. The SMILES string of the molecule is CC(C)(C)NC(=O)[C@@H]1CCCN1C(=O)C1CCCN1. The Labute approximate surface area is 115 Å². The van der Waals surface area contributed by atoms with Crippen molar-refractivity contribution in [2.75, 3.05) is 13.1 Å². The first kappa shape index (κ1) is 14.3. The summed E-state index contributed by atoms with van der Waals surface area (Å²) in [7, 11) is 0. The molecule has 19 heavy (non-hydrogen) atoms. The number of hydrogen-bond acceptors (Lipinski definition) is 3. The van der Waals surface area contributed by atoms with Crippen molar-refractivity contribution >= 4 is 11.8 Å². The van der Waals surface area contributed by atoms with E-state index in [-0.39, 0.29) is 29.4 Å². The second kappa shape index (κ2) is 5.49. The molecule has 2 rings (SSSR count). The highest BCUT2D eigenvalue weighted by Crippen LogP contribution is 2.21. The zero-order chi connectivity index (χ0) is 14.0. The zero-order valence-corrected chi connectivity index (χ0v) is 12.2. The van der Waals surface area contributed by atoms with Crippen LogP contribution in [0.5, 0.6) is 0 Å². The standard InChI is InChI=1S/C14H25N3O2/c1-14(2,3)16-12(18)11-7-5-9-17(11)13(19)10-6-4-8-15-10/h10-11,15H,4-9H2,1-3H3,(H,16,18)/t10?,11-/m0/s1. The molecular weight excluding hydrogens is 242 g/mol. The Balaban J connectivity index is 2.00. The van der Waals surface area contributed by atoms with Crippen LogP contribution in [-0.4, -0.2) is 47.4 Å². The predicted molar refractivity (Wildman–Crippen MR) is 73.7 cm³/mol. The fraction of sp³-hybridized carbons (Fsp3) is 0.857. The summed E-state index contributed by atoms with van der Waals surface area (Å²) in [6.07, 6.45) is 3.63. The van der Waals surface area contributed by atoms with Gasteiger partial charge in [-0.2, -0.15) is 0 Å². The van der Waals surface area contributed by atoms with E-state index < -0.39 is 0 Å². The minimum atomic E-state index is -0.283. The van der Waals surface area contributed by atoms with Gasteiger partial charge in [0.15, 0.2) is 0 Å². The van der Waals surface area contributed by atoms with Crippen LogP contribution in [0.2, 0.25) is 0 Å². The molecule has 1 unspecified atom stereocenters. The third-order valence-corrected chi connectivity index (χ3v) is 3.70. The highest BCUT2D eigenvalue weighted by atomic mass is 16.2. The van der Waals surface area contributed by atoms with Crippen LogP contribution in [0.1, 0.15) is 46.5 Å². The molecule has 2 atom stereocenters. The summed E-state index contributed by atoms with van der Waals surface area (Å²) in [5.41, 5.74) is -0.250. The molecule has 108 valence electrons. The lowest BCUT2D eigenvalue weighted by Crippen LogP contribution is -2.54. The van der Waals surface area contributed by atoms with Crippen LogP contribution in [0.4, 0.5) is 0 Å². The Kier molecular flexibility index (Phi) is 4.13. The van der Waals surface area contributed by atoms with Crippen LogP contribution in [0.25, 0.3) is 0 Å². The third-order valence-electron chi connectivity index (χ3n) is 3.70. The molecule has 2 aliphatic heterocycles. The van der Waals surface area contributed by atoms with E-state index in [2.05, 4.69) is 10.6 Å². The Bertz CT molecular complexity index is 356. The fourth-order valence-corrected chi connectivity index (χ4v) is 2.85. The molecule has 5 nitrogen and oxygen atoms in total. The maximum atomic E-state index is 12.4. The average molecular weight is 267 g/mol. The molecule has 0 radical (unpaired) electrons. The van der Waals surface area contributed by atoms with E-state index in [4.69, 9.17) is 0 Å². The summed E-state index contributed by atoms with van der Waals surface area (Å²) < 4.78 is 0. The van der Waals surface area contributed by atoms with Crippen LogP contribution in [0.3, 0.4) is 0 Å². The van der Waals surface area contributed by atoms with Crippen molar-refractivity contribution in [1.29, 1.82) is 0 Å². The second-order valence-corrected chi connectivity index (χ2v) is 6.58. The van der Waals surface area contributed by atoms with Gasteiger partial charge in [-0.15, -0.1) is 0 Å². The number of rotatable bonds is 2. The van der Waals surface area contributed by atoms with Gasteiger partial charge in [-0.3, -0.25) is 9.59 Å². The van der Waals surface area contributed by atoms with E-state index in [0.717, 1.165) is 32.2 Å². The number of carbonyl (C=O) groups excluding carboxylic acids is 2. The van der Waals surface area contributed by atoms with Gasteiger partial charge in [-0.1, -0.05) is 0 Å². The van der Waals surface area contributed by atoms with Crippen molar-refractivity contribution in [3.8, 4) is 0 Å². The van der Waals surface area contributed by atoms with Gasteiger partial charge in [0.1, 0.15) is 6.04 Å². The monoisotopic (exact) mass is 267 g/mol. The number of nitrogens with zero attached hydrogens (tertiary/aromatic N) is 1. The minimum absolute atomic E-state index is 0.0173. The van der Waals surface area contributed by atoms with Gasteiger partial charge in [-0.25, -0.2) is 0 Å². The molecule has 0 spiro atoms. The summed E-state index contributed by atoms with van der Waals surface area (Å²) in [5, 5.41) is 6.20. The Hall–Kier alpha value is -1.10. The molecule has 0 bridgehead atoms. The lowest BCUT2D eigenvalue weighted by atomic mass is 10.1. The summed E-state index contributed by atoms with van der Waals surface area (Å²) in [5.74, 6) is 0.0837. The number of amides is 2. The average Bonchev–Trinajstić information content (AvgIpc) is 2.97.